The van der Waals surface area contributed by atoms with Crippen LogP contribution in [0.1, 0.15) is 56.1 Å². The van der Waals surface area contributed by atoms with Crippen molar-refractivity contribution in [1.82, 2.24) is 26.7 Å². The number of hydrazine groups is 1. The lowest BCUT2D eigenvalue weighted by Gasteiger charge is -2.23. The molecule has 2 rings (SSSR count). The van der Waals surface area contributed by atoms with Crippen molar-refractivity contribution in [2.75, 3.05) is 19.6 Å². The van der Waals surface area contributed by atoms with Crippen LogP contribution in [0.2, 0.25) is 0 Å². The Morgan fingerprint density at radius 3 is 1.98 bits per heavy atom. The normalized spacial score (nSPS) is 12.3. The van der Waals surface area contributed by atoms with Crippen LogP contribution in [0.5, 0.6) is 0 Å². The van der Waals surface area contributed by atoms with Crippen molar-refractivity contribution in [3.05, 3.63) is 81.9 Å². The lowest BCUT2D eigenvalue weighted by Crippen LogP contribution is -2.56. The predicted octanol–water partition coefficient (Wildman–Crippen LogP) is 0.0399. The van der Waals surface area contributed by atoms with E-state index in [2.05, 4.69) is 26.3 Å². The van der Waals surface area contributed by atoms with Crippen molar-refractivity contribution in [3.8, 4) is 0 Å². The number of carbonyl (C=O) groups excluding carboxylic acids is 6. The molecule has 0 unspecified atom stereocenters. The summed E-state index contributed by atoms with van der Waals surface area (Å²) in [6, 6.07) is 13.1. The topological polar surface area (TPSA) is 317 Å². The third-order valence-electron chi connectivity index (χ3n) is 7.80. The molecule has 21 heteroatoms. The first-order valence-electron chi connectivity index (χ1n) is 17.4. The van der Waals surface area contributed by atoms with E-state index >= 15 is 0 Å². The number of unbranched alkanes of at least 4 members (excludes halogenated alkanes) is 1. The van der Waals surface area contributed by atoms with Gasteiger partial charge in [0.15, 0.2) is 5.03 Å². The third kappa shape index (κ3) is 19.3. The van der Waals surface area contributed by atoms with Gasteiger partial charge in [-0.2, -0.15) is 0 Å². The minimum absolute atomic E-state index is 0. The molecule has 0 aliphatic carbocycles. The van der Waals surface area contributed by atoms with E-state index < -0.39 is 83.3 Å². The molecule has 2 aromatic carbocycles. The number of alkyl carbamates (subject to hydrolysis) is 1. The number of hydrogen-bond donors (Lipinski definition) is 8. The number of amides is 4. The number of hydrogen-bond acceptors (Lipinski definition) is 12. The van der Waals surface area contributed by atoms with E-state index in [1.165, 1.54) is 0 Å². The number of guanidine groups is 1. The number of nitro groups is 1. The van der Waals surface area contributed by atoms with E-state index in [0.29, 0.717) is 18.4 Å². The van der Waals surface area contributed by atoms with Crippen LogP contribution in [0.4, 0.5) is 4.79 Å². The van der Waals surface area contributed by atoms with Crippen molar-refractivity contribution in [2.24, 2.45) is 16.5 Å². The molecule has 3 atom stereocenters. The highest BCUT2D eigenvalue weighted by Gasteiger charge is 2.34. The fraction of sp³-hybridized carbons (Fsp3) is 0.429. The van der Waals surface area contributed by atoms with Crippen LogP contribution in [-0.2, 0) is 46.5 Å². The van der Waals surface area contributed by atoms with Crippen LogP contribution >= 0.6 is 12.4 Å². The molecule has 0 aliphatic heterocycles. The van der Waals surface area contributed by atoms with Gasteiger partial charge in [-0.3, -0.25) is 28.8 Å². The maximum atomic E-state index is 13.5. The average Bonchev–Trinajstić information content (AvgIpc) is 3.16. The number of nitrogens with zero attached hydrogens (tertiary/aromatic N) is 2. The number of Topliss-reactive ketones (excluding diaryl/α,β-unsaturated/α-hetero) is 2. The summed E-state index contributed by atoms with van der Waals surface area (Å²) in [6.45, 7) is -0.0160. The molecule has 0 fully saturated rings. The van der Waals surface area contributed by atoms with Gasteiger partial charge in [0.2, 0.25) is 17.5 Å². The summed E-state index contributed by atoms with van der Waals surface area (Å²) >= 11 is 0. The molecular weight excluding hydrogens is 758 g/mol. The van der Waals surface area contributed by atoms with Crippen LogP contribution in [0.3, 0.4) is 0 Å². The smallest absolute Gasteiger partial charge is 0.408 e. The molecule has 4 amide bonds. The van der Waals surface area contributed by atoms with Gasteiger partial charge in [0.25, 0.3) is 17.8 Å². The summed E-state index contributed by atoms with van der Waals surface area (Å²) in [7, 11) is 0. The summed E-state index contributed by atoms with van der Waals surface area (Å²) in [6.07, 6.45) is -1.29. The zero-order valence-electron chi connectivity index (χ0n) is 30.5. The molecule has 20 nitrogen and oxygen atoms in total. The van der Waals surface area contributed by atoms with Gasteiger partial charge in [-0.25, -0.2) is 19.9 Å². The predicted molar refractivity (Wildman–Crippen MR) is 203 cm³/mol. The molecule has 56 heavy (non-hydrogen) atoms. The molecular formula is C35H48ClN9O11. The number of nitrogens with one attached hydrogen (secondary N) is 5. The number of carboxylic acid groups (broad SMARTS) is 1. The Labute approximate surface area is 328 Å². The van der Waals surface area contributed by atoms with Gasteiger partial charge < -0.3 is 42.6 Å². The van der Waals surface area contributed by atoms with Crippen LogP contribution in [-0.4, -0.2) is 95.2 Å². The van der Waals surface area contributed by atoms with Gasteiger partial charge in [-0.15, -0.1) is 12.4 Å². The van der Waals surface area contributed by atoms with Gasteiger partial charge in [0.1, 0.15) is 12.6 Å². The second-order valence-electron chi connectivity index (χ2n) is 12.1. The monoisotopic (exact) mass is 805 g/mol. The van der Waals surface area contributed by atoms with E-state index in [0.717, 1.165) is 5.56 Å². The largest absolute Gasteiger partial charge is 0.481 e. The van der Waals surface area contributed by atoms with Gasteiger partial charge in [0, 0.05) is 19.5 Å². The Bertz CT molecular complexity index is 1650. The number of ketones is 2. The standard InChI is InChI=1S/C35H47N9O11.ClH/c36-19-8-7-14-25(40-31(49)27(16-17-28(45)46)42-35(52)55-22-24-12-5-2-6-13-24)30(48)33(51)41-26(15-9-20-39-34(37)43-44(53)54)29(47)32(50)38-21-18-23-10-3-1-4-11-23;/h1-6,10-13,25-27H,7-9,14-22,36H2,(H,38,50)(H,40,49)(H,41,51)(H,42,52)(H,45,46)(H3,37,39,43);1H/t25-,26-,27-;/m0./s1. The van der Waals surface area contributed by atoms with Crippen molar-refractivity contribution >= 4 is 59.7 Å². The summed E-state index contributed by atoms with van der Waals surface area (Å²) in [4.78, 5) is 105. The zero-order chi connectivity index (χ0) is 40.6. The van der Waals surface area contributed by atoms with Crippen molar-refractivity contribution in [3.63, 3.8) is 0 Å². The van der Waals surface area contributed by atoms with Crippen LogP contribution in [0.15, 0.2) is 65.7 Å². The molecule has 2 aromatic rings. The van der Waals surface area contributed by atoms with Crippen molar-refractivity contribution in [1.29, 1.82) is 0 Å². The molecule has 0 saturated heterocycles. The SMILES string of the molecule is Cl.NCCCC[C@H](NC(=O)[C@H](CCC(=O)O)NC(=O)OCc1ccccc1)C(=O)C(=O)N[C@@H](CCCN=C(N)N[N+](=O)[O-])C(=O)C(=O)NCCc1ccccc1. The molecule has 0 aliphatic rings. The minimum atomic E-state index is -1.56. The van der Waals surface area contributed by atoms with Crippen molar-refractivity contribution < 1.29 is 48.4 Å². The Kier molecular flexibility index (Phi) is 22.7. The summed E-state index contributed by atoms with van der Waals surface area (Å²) in [5, 5.41) is 28.3. The number of aliphatic carboxylic acids is 1. The van der Waals surface area contributed by atoms with Crippen LogP contribution in [0.25, 0.3) is 0 Å². The first-order valence-corrected chi connectivity index (χ1v) is 17.4. The van der Waals surface area contributed by atoms with Gasteiger partial charge in [-0.05, 0) is 62.6 Å². The second kappa shape index (κ2) is 26.6. The average molecular weight is 806 g/mol. The highest BCUT2D eigenvalue weighted by Crippen LogP contribution is 2.09. The molecule has 0 aromatic heterocycles. The minimum Gasteiger partial charge on any atom is -0.481 e. The Morgan fingerprint density at radius 1 is 0.786 bits per heavy atom. The molecule has 0 radical (unpaired) electrons. The molecule has 10 N–H and O–H groups in total. The molecule has 0 bridgehead atoms. The van der Waals surface area contributed by atoms with Gasteiger partial charge in [-0.1, -0.05) is 66.1 Å². The Balaban J connectivity index is 0.0000157. The Hall–Kier alpha value is -6.15. The Morgan fingerprint density at radius 2 is 1.38 bits per heavy atom. The highest BCUT2D eigenvalue weighted by atomic mass is 35.5. The zero-order valence-corrected chi connectivity index (χ0v) is 31.3. The summed E-state index contributed by atoms with van der Waals surface area (Å²) in [5.41, 5.74) is 14.2. The fourth-order valence-electron chi connectivity index (χ4n) is 4.97. The number of benzene rings is 2. The maximum absolute atomic E-state index is 13.5. The van der Waals surface area contributed by atoms with Crippen LogP contribution < -0.4 is 38.2 Å². The number of carboxylic acids is 1. The quantitative estimate of drug-likeness (QED) is 0.0164. The number of rotatable bonds is 25. The molecule has 0 spiro atoms. The van der Waals surface area contributed by atoms with Crippen LogP contribution in [0, 0.1) is 10.1 Å². The summed E-state index contributed by atoms with van der Waals surface area (Å²) in [5.74, 6) is -7.45. The van der Waals surface area contributed by atoms with Gasteiger partial charge in [0.05, 0.1) is 12.1 Å². The molecule has 0 saturated carbocycles. The van der Waals surface area contributed by atoms with E-state index in [9.17, 15) is 48.8 Å². The van der Waals surface area contributed by atoms with E-state index in [1.807, 2.05) is 18.2 Å². The van der Waals surface area contributed by atoms with E-state index in [-0.39, 0.29) is 64.3 Å². The number of nitrogens with two attached hydrogens (primary N) is 2. The fourth-order valence-corrected chi connectivity index (χ4v) is 4.97. The molecule has 306 valence electrons. The first-order chi connectivity index (χ1) is 26.3. The number of aliphatic imine (C=N–C) groups is 1. The lowest BCUT2D eigenvalue weighted by atomic mass is 10.0. The number of halogens is 1. The lowest BCUT2D eigenvalue weighted by molar-refractivity contribution is -0.525. The van der Waals surface area contributed by atoms with E-state index in [1.54, 1.807) is 47.9 Å². The summed E-state index contributed by atoms with van der Waals surface area (Å²) < 4.78 is 5.15. The second-order valence-corrected chi connectivity index (χ2v) is 12.1. The van der Waals surface area contributed by atoms with Crippen molar-refractivity contribution in [2.45, 2.75) is 76.1 Å². The van der Waals surface area contributed by atoms with Gasteiger partial charge >= 0.3 is 12.1 Å². The molecule has 0 heterocycles. The number of ether oxygens (including phenoxy) is 1. The van der Waals surface area contributed by atoms with E-state index in [4.69, 9.17) is 16.2 Å². The highest BCUT2D eigenvalue weighted by molar-refractivity contribution is 6.42. The first kappa shape index (κ1) is 47.9. The third-order valence-corrected chi connectivity index (χ3v) is 7.80. The maximum Gasteiger partial charge on any atom is 0.408 e. The number of carbonyl (C=O) groups is 7.